The minimum atomic E-state index is -0.377. The van der Waals surface area contributed by atoms with Crippen molar-refractivity contribution in [3.05, 3.63) is 53.8 Å². The largest absolute Gasteiger partial charge is 0.490 e. The number of hydrogen-bond donors (Lipinski definition) is 0. The SMILES string of the molecule is CCCCCCCCOC(=O)c1ccc(-c2ccc(OC[C@@H](C)CC)c(F)c2)cc1. The van der Waals surface area contributed by atoms with Crippen LogP contribution in [0.4, 0.5) is 4.39 Å². The van der Waals surface area contributed by atoms with Gasteiger partial charge in [0, 0.05) is 0 Å². The zero-order valence-corrected chi connectivity index (χ0v) is 18.6. The Morgan fingerprint density at radius 2 is 1.60 bits per heavy atom. The van der Waals surface area contributed by atoms with Crippen molar-refractivity contribution >= 4 is 5.97 Å². The quantitative estimate of drug-likeness (QED) is 0.252. The average molecular weight is 415 g/mol. The summed E-state index contributed by atoms with van der Waals surface area (Å²) in [6.07, 6.45) is 7.92. The third-order valence-electron chi connectivity index (χ3n) is 5.34. The molecule has 0 aromatic heterocycles. The van der Waals surface area contributed by atoms with Gasteiger partial charge in [0.05, 0.1) is 18.8 Å². The number of benzene rings is 2. The van der Waals surface area contributed by atoms with E-state index < -0.39 is 0 Å². The molecule has 0 saturated heterocycles. The number of rotatable bonds is 13. The summed E-state index contributed by atoms with van der Waals surface area (Å²) < 4.78 is 25.3. The predicted molar refractivity (Wildman–Crippen MR) is 120 cm³/mol. The van der Waals surface area contributed by atoms with Crippen LogP contribution in [-0.2, 0) is 4.74 Å². The molecule has 0 unspecified atom stereocenters. The number of ether oxygens (including phenoxy) is 2. The Kier molecular flexibility index (Phi) is 10.4. The fourth-order valence-corrected chi connectivity index (χ4v) is 3.08. The molecule has 0 amide bonds. The van der Waals surface area contributed by atoms with E-state index in [9.17, 15) is 9.18 Å². The van der Waals surface area contributed by atoms with Crippen molar-refractivity contribution in [2.75, 3.05) is 13.2 Å². The summed E-state index contributed by atoms with van der Waals surface area (Å²) in [5, 5.41) is 0. The first-order valence-electron chi connectivity index (χ1n) is 11.2. The second-order valence-corrected chi connectivity index (χ2v) is 7.95. The van der Waals surface area contributed by atoms with Crippen molar-refractivity contribution in [3.8, 4) is 16.9 Å². The first kappa shape index (κ1) is 23.9. The first-order valence-corrected chi connectivity index (χ1v) is 11.2. The maximum Gasteiger partial charge on any atom is 0.338 e. The molecular formula is C26H35FO3. The van der Waals surface area contributed by atoms with E-state index in [2.05, 4.69) is 20.8 Å². The van der Waals surface area contributed by atoms with E-state index in [1.807, 2.05) is 18.2 Å². The van der Waals surface area contributed by atoms with Gasteiger partial charge in [-0.15, -0.1) is 0 Å². The fraction of sp³-hybridized carbons (Fsp3) is 0.500. The minimum Gasteiger partial charge on any atom is -0.490 e. The lowest BCUT2D eigenvalue weighted by molar-refractivity contribution is 0.0497. The maximum atomic E-state index is 14.4. The molecule has 2 rings (SSSR count). The molecule has 0 heterocycles. The molecule has 0 saturated carbocycles. The molecule has 0 fully saturated rings. The third kappa shape index (κ3) is 7.81. The van der Waals surface area contributed by atoms with E-state index in [1.165, 1.54) is 31.7 Å². The molecule has 0 N–H and O–H groups in total. The Bertz CT molecular complexity index is 770. The molecular weight excluding hydrogens is 379 g/mol. The third-order valence-corrected chi connectivity index (χ3v) is 5.34. The summed E-state index contributed by atoms with van der Waals surface area (Å²) in [5.74, 6) is -0.0281. The highest BCUT2D eigenvalue weighted by Crippen LogP contribution is 2.26. The van der Waals surface area contributed by atoms with Crippen molar-refractivity contribution in [2.45, 2.75) is 65.7 Å². The van der Waals surface area contributed by atoms with Crippen LogP contribution in [0.5, 0.6) is 5.75 Å². The van der Waals surface area contributed by atoms with Gasteiger partial charge in [-0.2, -0.15) is 0 Å². The Morgan fingerprint density at radius 1 is 0.933 bits per heavy atom. The van der Waals surface area contributed by atoms with Gasteiger partial charge in [-0.1, -0.05) is 77.5 Å². The molecule has 4 heteroatoms. The molecule has 2 aromatic carbocycles. The highest BCUT2D eigenvalue weighted by Gasteiger charge is 2.10. The molecule has 3 nitrogen and oxygen atoms in total. The number of carbonyl (C=O) groups excluding carboxylic acids is 1. The Labute approximate surface area is 180 Å². The van der Waals surface area contributed by atoms with Crippen molar-refractivity contribution in [3.63, 3.8) is 0 Å². The van der Waals surface area contributed by atoms with Gasteiger partial charge in [0.1, 0.15) is 0 Å². The zero-order chi connectivity index (χ0) is 21.8. The summed E-state index contributed by atoms with van der Waals surface area (Å²) in [6.45, 7) is 7.31. The summed E-state index contributed by atoms with van der Waals surface area (Å²) in [4.78, 5) is 12.2. The number of carbonyl (C=O) groups is 1. The van der Waals surface area contributed by atoms with Gasteiger partial charge < -0.3 is 9.47 Å². The lowest BCUT2D eigenvalue weighted by Gasteiger charge is -2.12. The van der Waals surface area contributed by atoms with Gasteiger partial charge in [-0.3, -0.25) is 0 Å². The molecule has 0 radical (unpaired) electrons. The van der Waals surface area contributed by atoms with Gasteiger partial charge in [0.25, 0.3) is 0 Å². The van der Waals surface area contributed by atoms with Crippen molar-refractivity contribution in [1.82, 2.24) is 0 Å². The topological polar surface area (TPSA) is 35.5 Å². The van der Waals surface area contributed by atoms with E-state index in [-0.39, 0.29) is 17.5 Å². The lowest BCUT2D eigenvalue weighted by atomic mass is 10.0. The average Bonchev–Trinajstić information content (AvgIpc) is 2.77. The van der Waals surface area contributed by atoms with Gasteiger partial charge in [-0.25, -0.2) is 9.18 Å². The molecule has 0 aliphatic rings. The molecule has 0 bridgehead atoms. The predicted octanol–water partition coefficient (Wildman–Crippen LogP) is 7.43. The van der Waals surface area contributed by atoms with Crippen LogP contribution in [0.1, 0.15) is 76.1 Å². The molecule has 0 spiro atoms. The van der Waals surface area contributed by atoms with Crippen LogP contribution in [0.15, 0.2) is 42.5 Å². The van der Waals surface area contributed by atoms with E-state index in [1.54, 1.807) is 18.2 Å². The standard InChI is InChI=1S/C26H35FO3/c1-4-6-7-8-9-10-17-29-26(28)22-13-11-21(12-14-22)23-15-16-25(24(27)18-23)30-19-20(3)5-2/h11-16,18,20H,4-10,17,19H2,1-3H3/t20-/m0/s1. The van der Waals surface area contributed by atoms with Gasteiger partial charge in [0.15, 0.2) is 11.6 Å². The monoisotopic (exact) mass is 414 g/mol. The normalized spacial score (nSPS) is 11.9. The summed E-state index contributed by atoms with van der Waals surface area (Å²) in [7, 11) is 0. The second-order valence-electron chi connectivity index (χ2n) is 7.95. The lowest BCUT2D eigenvalue weighted by Crippen LogP contribution is -2.08. The molecule has 1 atom stereocenters. The van der Waals surface area contributed by atoms with Gasteiger partial charge in [0.2, 0.25) is 0 Å². The number of unbranched alkanes of at least 4 members (excludes halogenated alkanes) is 5. The van der Waals surface area contributed by atoms with Crippen LogP contribution >= 0.6 is 0 Å². The first-order chi connectivity index (χ1) is 14.5. The van der Waals surface area contributed by atoms with E-state index in [4.69, 9.17) is 9.47 Å². The van der Waals surface area contributed by atoms with E-state index in [0.717, 1.165) is 30.4 Å². The maximum absolute atomic E-state index is 14.4. The Morgan fingerprint density at radius 3 is 2.27 bits per heavy atom. The van der Waals surface area contributed by atoms with Crippen LogP contribution in [0, 0.1) is 11.7 Å². The number of esters is 1. The van der Waals surface area contributed by atoms with Crippen molar-refractivity contribution < 1.29 is 18.7 Å². The van der Waals surface area contributed by atoms with Crippen LogP contribution in [-0.4, -0.2) is 19.2 Å². The second kappa shape index (κ2) is 13.0. The smallest absolute Gasteiger partial charge is 0.338 e. The Hall–Kier alpha value is -2.36. The van der Waals surface area contributed by atoms with Crippen molar-refractivity contribution in [2.24, 2.45) is 5.92 Å². The molecule has 0 aliphatic carbocycles. The summed E-state index contributed by atoms with van der Waals surface area (Å²) in [6, 6.07) is 12.0. The zero-order valence-electron chi connectivity index (χ0n) is 18.6. The summed E-state index contributed by atoms with van der Waals surface area (Å²) in [5.41, 5.74) is 2.10. The number of hydrogen-bond acceptors (Lipinski definition) is 3. The highest BCUT2D eigenvalue weighted by molar-refractivity contribution is 5.90. The van der Waals surface area contributed by atoms with Gasteiger partial charge in [-0.05, 0) is 47.7 Å². The summed E-state index contributed by atoms with van der Waals surface area (Å²) >= 11 is 0. The van der Waals surface area contributed by atoms with Crippen LogP contribution in [0.2, 0.25) is 0 Å². The minimum absolute atomic E-state index is 0.272. The fourth-order valence-electron chi connectivity index (χ4n) is 3.08. The van der Waals surface area contributed by atoms with Crippen LogP contribution < -0.4 is 4.74 Å². The molecule has 30 heavy (non-hydrogen) atoms. The van der Waals surface area contributed by atoms with Crippen molar-refractivity contribution in [1.29, 1.82) is 0 Å². The van der Waals surface area contributed by atoms with E-state index >= 15 is 0 Å². The van der Waals surface area contributed by atoms with Crippen LogP contribution in [0.3, 0.4) is 0 Å². The highest BCUT2D eigenvalue weighted by atomic mass is 19.1. The molecule has 0 aliphatic heterocycles. The molecule has 2 aromatic rings. The van der Waals surface area contributed by atoms with Crippen LogP contribution in [0.25, 0.3) is 11.1 Å². The van der Waals surface area contributed by atoms with E-state index in [0.29, 0.717) is 24.7 Å². The number of halogens is 1. The Balaban J connectivity index is 1.86. The van der Waals surface area contributed by atoms with Gasteiger partial charge >= 0.3 is 5.97 Å². The molecule has 164 valence electrons.